The van der Waals surface area contributed by atoms with Crippen LogP contribution in [-0.4, -0.2) is 13.4 Å². The number of rotatable bonds is 4. The molecule has 1 aromatic heterocycles. The highest BCUT2D eigenvalue weighted by Gasteiger charge is 2.18. The predicted molar refractivity (Wildman–Crippen MR) is 83.6 cm³/mol. The third-order valence-electron chi connectivity index (χ3n) is 2.97. The summed E-state index contributed by atoms with van der Waals surface area (Å²) in [5.74, 6) is 0. The van der Waals surface area contributed by atoms with Crippen LogP contribution in [0.15, 0.2) is 35.2 Å². The van der Waals surface area contributed by atoms with Gasteiger partial charge < -0.3 is 5.73 Å². The summed E-state index contributed by atoms with van der Waals surface area (Å²) in [7, 11) is -3.67. The zero-order valence-corrected chi connectivity index (χ0v) is 13.3. The standard InChI is InChI=1S/C14H16ClN3O2S/c1-9-6-12(15)13(16)7-14(9)21(19,20)17-8-11-5-3-4-10(2)18-11/h3-7,17H,8,16H2,1-2H3. The molecule has 0 radical (unpaired) electrons. The molecule has 0 saturated heterocycles. The summed E-state index contributed by atoms with van der Waals surface area (Å²) in [6.07, 6.45) is 0. The van der Waals surface area contributed by atoms with E-state index in [9.17, 15) is 8.42 Å². The molecule has 2 rings (SSSR count). The van der Waals surface area contributed by atoms with Crippen molar-refractivity contribution in [3.63, 3.8) is 0 Å². The summed E-state index contributed by atoms with van der Waals surface area (Å²) in [5.41, 5.74) is 7.93. The van der Waals surface area contributed by atoms with Gasteiger partial charge in [-0.25, -0.2) is 13.1 Å². The second-order valence-corrected chi connectivity index (χ2v) is 6.88. The summed E-state index contributed by atoms with van der Waals surface area (Å²) in [6, 6.07) is 8.35. The van der Waals surface area contributed by atoms with Crippen LogP contribution in [0.4, 0.5) is 5.69 Å². The van der Waals surface area contributed by atoms with E-state index in [1.807, 2.05) is 19.1 Å². The number of sulfonamides is 1. The van der Waals surface area contributed by atoms with Crippen molar-refractivity contribution in [1.29, 1.82) is 0 Å². The minimum Gasteiger partial charge on any atom is -0.397 e. The lowest BCUT2D eigenvalue weighted by molar-refractivity contribution is 0.579. The van der Waals surface area contributed by atoms with Crippen molar-refractivity contribution >= 4 is 27.3 Å². The number of aromatic nitrogens is 1. The zero-order valence-electron chi connectivity index (χ0n) is 11.7. The molecule has 0 spiro atoms. The molecule has 0 bridgehead atoms. The molecule has 5 nitrogen and oxygen atoms in total. The highest BCUT2D eigenvalue weighted by atomic mass is 35.5. The molecule has 1 aromatic carbocycles. The normalized spacial score (nSPS) is 11.6. The van der Waals surface area contributed by atoms with Crippen LogP contribution in [0.3, 0.4) is 0 Å². The van der Waals surface area contributed by atoms with Crippen molar-refractivity contribution in [2.45, 2.75) is 25.3 Å². The highest BCUT2D eigenvalue weighted by molar-refractivity contribution is 7.89. The smallest absolute Gasteiger partial charge is 0.241 e. The van der Waals surface area contributed by atoms with Gasteiger partial charge in [0.2, 0.25) is 10.0 Å². The van der Waals surface area contributed by atoms with Gasteiger partial charge in [0.05, 0.1) is 27.8 Å². The number of nitrogen functional groups attached to an aromatic ring is 1. The molecule has 0 atom stereocenters. The van der Waals surface area contributed by atoms with E-state index >= 15 is 0 Å². The van der Waals surface area contributed by atoms with E-state index in [-0.39, 0.29) is 17.1 Å². The van der Waals surface area contributed by atoms with Crippen LogP contribution in [-0.2, 0) is 16.6 Å². The van der Waals surface area contributed by atoms with Crippen LogP contribution in [0.2, 0.25) is 5.02 Å². The van der Waals surface area contributed by atoms with Crippen LogP contribution in [0.1, 0.15) is 17.0 Å². The number of hydrogen-bond donors (Lipinski definition) is 2. The molecule has 0 unspecified atom stereocenters. The number of hydrogen-bond acceptors (Lipinski definition) is 4. The van der Waals surface area contributed by atoms with Crippen molar-refractivity contribution in [3.8, 4) is 0 Å². The van der Waals surface area contributed by atoms with Gasteiger partial charge in [0.1, 0.15) is 0 Å². The fourth-order valence-corrected chi connectivity index (χ4v) is 3.38. The Kier molecular flexibility index (Phi) is 4.51. The molecule has 0 aliphatic carbocycles. The van der Waals surface area contributed by atoms with E-state index in [0.717, 1.165) is 5.69 Å². The Morgan fingerprint density at radius 1 is 1.29 bits per heavy atom. The van der Waals surface area contributed by atoms with E-state index in [0.29, 0.717) is 16.3 Å². The Morgan fingerprint density at radius 3 is 2.67 bits per heavy atom. The Balaban J connectivity index is 2.25. The Morgan fingerprint density at radius 2 is 2.00 bits per heavy atom. The Hall–Kier alpha value is -1.63. The van der Waals surface area contributed by atoms with E-state index < -0.39 is 10.0 Å². The van der Waals surface area contributed by atoms with E-state index in [4.69, 9.17) is 17.3 Å². The van der Waals surface area contributed by atoms with Crippen LogP contribution in [0, 0.1) is 13.8 Å². The van der Waals surface area contributed by atoms with Gasteiger partial charge in [-0.2, -0.15) is 0 Å². The number of nitrogens with two attached hydrogens (primary N) is 1. The van der Waals surface area contributed by atoms with Crippen molar-refractivity contribution < 1.29 is 8.42 Å². The quantitative estimate of drug-likeness (QED) is 0.845. The first-order valence-corrected chi connectivity index (χ1v) is 8.13. The summed E-state index contributed by atoms with van der Waals surface area (Å²) in [4.78, 5) is 4.37. The topological polar surface area (TPSA) is 85.1 Å². The van der Waals surface area contributed by atoms with Gasteiger partial charge in [-0.3, -0.25) is 4.98 Å². The average molecular weight is 326 g/mol. The third-order valence-corrected chi connectivity index (χ3v) is 4.84. The van der Waals surface area contributed by atoms with Crippen LogP contribution in [0.5, 0.6) is 0 Å². The molecule has 1 heterocycles. The molecule has 21 heavy (non-hydrogen) atoms. The molecule has 0 fully saturated rings. The van der Waals surface area contributed by atoms with Gasteiger partial charge in [-0.05, 0) is 43.7 Å². The first-order chi connectivity index (χ1) is 9.79. The van der Waals surface area contributed by atoms with Crippen LogP contribution in [0.25, 0.3) is 0 Å². The van der Waals surface area contributed by atoms with Crippen LogP contribution < -0.4 is 10.5 Å². The van der Waals surface area contributed by atoms with E-state index in [1.54, 1.807) is 13.0 Å². The lowest BCUT2D eigenvalue weighted by Gasteiger charge is -2.11. The average Bonchev–Trinajstić information content (AvgIpc) is 2.41. The number of halogens is 1. The van der Waals surface area contributed by atoms with Gasteiger partial charge in [0, 0.05) is 5.69 Å². The molecule has 2 aromatic rings. The lowest BCUT2D eigenvalue weighted by Crippen LogP contribution is -2.24. The van der Waals surface area contributed by atoms with E-state index in [1.165, 1.54) is 12.1 Å². The largest absolute Gasteiger partial charge is 0.397 e. The van der Waals surface area contributed by atoms with Crippen molar-refractivity contribution in [1.82, 2.24) is 9.71 Å². The molecule has 0 amide bonds. The lowest BCUT2D eigenvalue weighted by atomic mass is 10.2. The number of pyridine rings is 1. The third kappa shape index (κ3) is 3.72. The van der Waals surface area contributed by atoms with Crippen molar-refractivity contribution in [2.24, 2.45) is 0 Å². The molecule has 0 saturated carbocycles. The van der Waals surface area contributed by atoms with E-state index in [2.05, 4.69) is 9.71 Å². The molecular formula is C14H16ClN3O2S. The number of benzene rings is 1. The van der Waals surface area contributed by atoms with Crippen molar-refractivity contribution in [2.75, 3.05) is 5.73 Å². The summed E-state index contributed by atoms with van der Waals surface area (Å²) in [6.45, 7) is 3.64. The van der Waals surface area contributed by atoms with Crippen molar-refractivity contribution in [3.05, 3.63) is 52.3 Å². The Labute approximate surface area is 129 Å². The van der Waals surface area contributed by atoms with Crippen LogP contribution >= 0.6 is 11.6 Å². The first kappa shape index (κ1) is 15.8. The summed E-state index contributed by atoms with van der Waals surface area (Å²) < 4.78 is 27.2. The number of nitrogens with one attached hydrogen (secondary N) is 1. The molecule has 0 aliphatic heterocycles. The molecular weight excluding hydrogens is 310 g/mol. The number of anilines is 1. The Bertz CT molecular complexity index is 776. The maximum absolute atomic E-state index is 12.3. The van der Waals surface area contributed by atoms with Gasteiger partial charge >= 0.3 is 0 Å². The molecule has 112 valence electrons. The summed E-state index contributed by atoms with van der Waals surface area (Å²) in [5, 5.41) is 0.340. The van der Waals surface area contributed by atoms with Gasteiger partial charge in [0.15, 0.2) is 0 Å². The van der Waals surface area contributed by atoms with Gasteiger partial charge in [0.25, 0.3) is 0 Å². The molecule has 7 heteroatoms. The first-order valence-electron chi connectivity index (χ1n) is 6.27. The fraction of sp³-hybridized carbons (Fsp3) is 0.214. The highest BCUT2D eigenvalue weighted by Crippen LogP contribution is 2.26. The molecule has 3 N–H and O–H groups in total. The monoisotopic (exact) mass is 325 g/mol. The molecule has 0 aliphatic rings. The second-order valence-electron chi connectivity index (χ2n) is 4.73. The minimum atomic E-state index is -3.67. The van der Waals surface area contributed by atoms with Gasteiger partial charge in [-0.1, -0.05) is 17.7 Å². The fourth-order valence-electron chi connectivity index (χ4n) is 1.90. The predicted octanol–water partition coefficient (Wildman–Crippen LogP) is 2.41. The summed E-state index contributed by atoms with van der Waals surface area (Å²) >= 11 is 5.88. The minimum absolute atomic E-state index is 0.117. The van der Waals surface area contributed by atoms with Gasteiger partial charge in [-0.15, -0.1) is 0 Å². The SMILES string of the molecule is Cc1cccc(CNS(=O)(=O)c2cc(N)c(Cl)cc2C)n1. The maximum Gasteiger partial charge on any atom is 0.241 e. The number of aryl methyl sites for hydroxylation is 2. The maximum atomic E-state index is 12.3. The zero-order chi connectivity index (χ0) is 15.6. The number of nitrogens with zero attached hydrogens (tertiary/aromatic N) is 1. The second kappa shape index (κ2) is 6.01.